The van der Waals surface area contributed by atoms with Gasteiger partial charge in [-0.25, -0.2) is 4.39 Å². The Labute approximate surface area is 124 Å². The molecular weight excluding hydrogens is 289 g/mol. The minimum Gasteiger partial charge on any atom is -0.267 e. The van der Waals surface area contributed by atoms with Crippen LogP contribution < -0.4 is 0 Å². The van der Waals surface area contributed by atoms with Crippen LogP contribution in [0.2, 0.25) is 0 Å². The average molecular weight is 297 g/mol. The molecule has 0 fully saturated rings. The zero-order valence-corrected chi connectivity index (χ0v) is 11.4. The number of pyridine rings is 1. The monoisotopic (exact) mass is 297 g/mol. The topological polar surface area (TPSA) is 70.3 Å². The Morgan fingerprint density at radius 1 is 1.29 bits per heavy atom. The van der Waals surface area contributed by atoms with Crippen LogP contribution in [-0.4, -0.2) is 19.7 Å². The molecule has 0 saturated carbocycles. The van der Waals surface area contributed by atoms with Crippen LogP contribution in [0.4, 0.5) is 4.39 Å². The van der Waals surface area contributed by atoms with Crippen LogP contribution in [0, 0.1) is 21.9 Å². The van der Waals surface area contributed by atoms with Crippen molar-refractivity contribution in [3.8, 4) is 23.3 Å². The molecule has 2 aromatic heterocycles. The summed E-state index contributed by atoms with van der Waals surface area (Å²) >= 11 is 5.21. The second-order valence-electron chi connectivity index (χ2n) is 4.18. The van der Waals surface area contributed by atoms with Gasteiger partial charge in [-0.1, -0.05) is 6.07 Å². The zero-order valence-electron chi connectivity index (χ0n) is 10.6. The van der Waals surface area contributed by atoms with Gasteiger partial charge >= 0.3 is 0 Å². The fourth-order valence-corrected chi connectivity index (χ4v) is 2.18. The molecule has 1 aromatic carbocycles. The Hall–Kier alpha value is -2.85. The van der Waals surface area contributed by atoms with Crippen LogP contribution in [0.15, 0.2) is 42.6 Å². The second kappa shape index (κ2) is 5.26. The summed E-state index contributed by atoms with van der Waals surface area (Å²) in [6.07, 6.45) is 1.64. The van der Waals surface area contributed by atoms with E-state index in [0.29, 0.717) is 22.0 Å². The molecule has 21 heavy (non-hydrogen) atoms. The summed E-state index contributed by atoms with van der Waals surface area (Å²) in [5, 5.41) is 15.8. The standard InChI is InChI=1S/C14H8FN5S/c15-11-5-4-10(7-9(11)8-16)20-13(18-19-14(20)21)12-3-1-2-6-17-12/h1-7H,(H,19,21). The third-order valence-corrected chi connectivity index (χ3v) is 3.17. The summed E-state index contributed by atoms with van der Waals surface area (Å²) in [4.78, 5) is 4.22. The van der Waals surface area contributed by atoms with Crippen molar-refractivity contribution in [1.29, 1.82) is 5.26 Å². The number of nitrogens with zero attached hydrogens (tertiary/aromatic N) is 4. The summed E-state index contributed by atoms with van der Waals surface area (Å²) in [5.74, 6) is -0.0771. The van der Waals surface area contributed by atoms with E-state index in [0.717, 1.165) is 0 Å². The van der Waals surface area contributed by atoms with Crippen molar-refractivity contribution < 1.29 is 4.39 Å². The quantitative estimate of drug-likeness (QED) is 0.738. The first-order valence-electron chi connectivity index (χ1n) is 5.99. The molecule has 3 rings (SSSR count). The van der Waals surface area contributed by atoms with E-state index in [1.54, 1.807) is 22.9 Å². The van der Waals surface area contributed by atoms with Gasteiger partial charge in [-0.3, -0.25) is 14.6 Å². The second-order valence-corrected chi connectivity index (χ2v) is 4.57. The number of nitrogens with one attached hydrogen (secondary N) is 1. The molecule has 0 aliphatic rings. The van der Waals surface area contributed by atoms with Gasteiger partial charge in [-0.2, -0.15) is 10.4 Å². The molecule has 0 unspecified atom stereocenters. The first-order valence-corrected chi connectivity index (χ1v) is 6.40. The van der Waals surface area contributed by atoms with Gasteiger partial charge in [0.2, 0.25) is 0 Å². The minimum absolute atomic E-state index is 0.0532. The number of nitriles is 1. The van der Waals surface area contributed by atoms with Gasteiger partial charge in [0.05, 0.1) is 11.3 Å². The third-order valence-electron chi connectivity index (χ3n) is 2.89. The van der Waals surface area contributed by atoms with Gasteiger partial charge in [0, 0.05) is 6.20 Å². The van der Waals surface area contributed by atoms with Gasteiger partial charge in [-0.05, 0) is 42.5 Å². The lowest BCUT2D eigenvalue weighted by molar-refractivity contribution is 0.623. The molecule has 2 heterocycles. The van der Waals surface area contributed by atoms with Crippen LogP contribution in [0.25, 0.3) is 17.2 Å². The van der Waals surface area contributed by atoms with Gasteiger partial charge in [0.25, 0.3) is 0 Å². The Morgan fingerprint density at radius 3 is 2.86 bits per heavy atom. The lowest BCUT2D eigenvalue weighted by Gasteiger charge is -2.07. The van der Waals surface area contributed by atoms with Crippen molar-refractivity contribution in [1.82, 2.24) is 19.7 Å². The molecule has 0 spiro atoms. The van der Waals surface area contributed by atoms with Crippen LogP contribution in [0.3, 0.4) is 0 Å². The molecule has 5 nitrogen and oxygen atoms in total. The van der Waals surface area contributed by atoms with E-state index in [2.05, 4.69) is 15.2 Å². The van der Waals surface area contributed by atoms with Crippen LogP contribution in [0.5, 0.6) is 0 Å². The minimum atomic E-state index is -0.573. The molecule has 0 bridgehead atoms. The number of aromatic nitrogens is 4. The smallest absolute Gasteiger partial charge is 0.200 e. The van der Waals surface area contributed by atoms with E-state index in [1.165, 1.54) is 18.2 Å². The number of hydrogen-bond acceptors (Lipinski definition) is 4. The highest BCUT2D eigenvalue weighted by Gasteiger charge is 2.13. The summed E-state index contributed by atoms with van der Waals surface area (Å²) < 4.78 is 15.4. The first kappa shape index (κ1) is 13.1. The molecule has 3 aromatic rings. The van der Waals surface area contributed by atoms with Crippen molar-refractivity contribution in [3.63, 3.8) is 0 Å². The predicted molar refractivity (Wildman–Crippen MR) is 76.7 cm³/mol. The van der Waals surface area contributed by atoms with Crippen molar-refractivity contribution in [3.05, 3.63) is 58.7 Å². The number of benzene rings is 1. The highest BCUT2D eigenvalue weighted by molar-refractivity contribution is 7.71. The number of aromatic amines is 1. The highest BCUT2D eigenvalue weighted by Crippen LogP contribution is 2.21. The normalized spacial score (nSPS) is 10.3. The van der Waals surface area contributed by atoms with Gasteiger partial charge < -0.3 is 0 Å². The zero-order chi connectivity index (χ0) is 14.8. The maximum absolute atomic E-state index is 13.4. The Bertz CT molecular complexity index is 892. The summed E-state index contributed by atoms with van der Waals surface area (Å²) in [6.45, 7) is 0. The SMILES string of the molecule is N#Cc1cc(-n2c(-c3ccccn3)n[nH]c2=S)ccc1F. The van der Waals surface area contributed by atoms with Crippen molar-refractivity contribution in [2.45, 2.75) is 0 Å². The molecule has 0 radical (unpaired) electrons. The van der Waals surface area contributed by atoms with Crippen LogP contribution in [-0.2, 0) is 0 Å². The molecule has 7 heteroatoms. The predicted octanol–water partition coefficient (Wildman–Crippen LogP) is 3.00. The largest absolute Gasteiger partial charge is 0.267 e. The molecular formula is C14H8FN5S. The number of rotatable bonds is 2. The first-order chi connectivity index (χ1) is 10.2. The van der Waals surface area contributed by atoms with E-state index >= 15 is 0 Å². The Kier molecular flexibility index (Phi) is 3.30. The van der Waals surface area contributed by atoms with E-state index in [-0.39, 0.29) is 5.56 Å². The molecule has 102 valence electrons. The lowest BCUT2D eigenvalue weighted by atomic mass is 10.2. The highest BCUT2D eigenvalue weighted by atomic mass is 32.1. The number of hydrogen-bond donors (Lipinski definition) is 1. The van der Waals surface area contributed by atoms with Gasteiger partial charge in [0.15, 0.2) is 10.6 Å². The van der Waals surface area contributed by atoms with Gasteiger partial charge in [-0.15, -0.1) is 0 Å². The molecule has 0 aliphatic carbocycles. The maximum atomic E-state index is 13.4. The van der Waals surface area contributed by atoms with E-state index in [1.807, 2.05) is 12.1 Å². The summed E-state index contributed by atoms with van der Waals surface area (Å²) in [5.41, 5.74) is 1.11. The molecule has 0 atom stereocenters. The summed E-state index contributed by atoms with van der Waals surface area (Å²) in [6, 6.07) is 11.4. The van der Waals surface area contributed by atoms with E-state index in [9.17, 15) is 4.39 Å². The van der Waals surface area contributed by atoms with E-state index in [4.69, 9.17) is 17.5 Å². The maximum Gasteiger partial charge on any atom is 0.200 e. The van der Waals surface area contributed by atoms with Gasteiger partial charge in [0.1, 0.15) is 17.6 Å². The van der Waals surface area contributed by atoms with E-state index < -0.39 is 5.82 Å². The Morgan fingerprint density at radius 2 is 2.14 bits per heavy atom. The van der Waals surface area contributed by atoms with Crippen LogP contribution in [0.1, 0.15) is 5.56 Å². The Balaban J connectivity index is 2.23. The van der Waals surface area contributed by atoms with Crippen LogP contribution >= 0.6 is 12.2 Å². The third kappa shape index (κ3) is 2.32. The number of halogens is 1. The average Bonchev–Trinajstić information content (AvgIpc) is 2.90. The molecule has 0 saturated heterocycles. The fraction of sp³-hybridized carbons (Fsp3) is 0. The van der Waals surface area contributed by atoms with Crippen molar-refractivity contribution in [2.75, 3.05) is 0 Å². The fourth-order valence-electron chi connectivity index (χ4n) is 1.94. The summed E-state index contributed by atoms with van der Waals surface area (Å²) in [7, 11) is 0. The lowest BCUT2D eigenvalue weighted by Crippen LogP contribution is -2.00. The molecule has 1 N–H and O–H groups in total. The molecule has 0 aliphatic heterocycles. The van der Waals surface area contributed by atoms with Crippen molar-refractivity contribution in [2.24, 2.45) is 0 Å². The number of H-pyrrole nitrogens is 1. The molecule has 0 amide bonds. The van der Waals surface area contributed by atoms with Crippen molar-refractivity contribution >= 4 is 12.2 Å².